The Morgan fingerprint density at radius 2 is 1.06 bits per heavy atom. The molecule has 5 aliphatic carbocycles. The second kappa shape index (κ2) is 29.5. The lowest BCUT2D eigenvalue weighted by molar-refractivity contribution is -0.396. The van der Waals surface area contributed by atoms with Crippen LogP contribution in [0.2, 0.25) is 0 Å². The highest BCUT2D eigenvalue weighted by molar-refractivity contribution is 5.79. The van der Waals surface area contributed by atoms with E-state index in [1.165, 1.54) is 20.8 Å². The summed E-state index contributed by atoms with van der Waals surface area (Å²) >= 11 is 0. The van der Waals surface area contributed by atoms with Gasteiger partial charge < -0.3 is 163 Å². The number of allylic oxidation sites excluding steroid dienone is 2. The van der Waals surface area contributed by atoms with E-state index in [1.807, 2.05) is 6.92 Å². The van der Waals surface area contributed by atoms with E-state index in [1.54, 1.807) is 6.92 Å². The standard InChI is InChI=1S/C69H112O34/c1-27-37(78)41(82)44(85)54(94-27)97-45-34(77)21-91-56(49(45)101-59-51(86)63(5,22-71)25-92-59)98-47-42(83)38(79)28(2)95-57(47)99-46-39(80)33(76)20-90-55(46)103-61(88)68-14-12-62(3,4)16-30(68)29-10-11-36-64(6)17-32(75)53(65(7,23-72)50(64)31(74)18-67(36,9)66(29,8)13-15-68)102-58-48(43(84)40(81)35(19-70)96-58)100-60-52(87)69(89,24-73)26-93-60/h10,27-28,30-60,70-87,89H,11-26H2,1-9H3/t27-,28-,30-,31+,32-,33-,34+,35+,36+,37-,38-,39-,40+,41+,42+,43-,44+,45-,46+,47+,48+,49+,50+,51-,52-,53-,54+,55-,56-,57-,58-,59-,60-,63-,64+,65-,66+,67+,68-,69+/m0/s1. The molecular weight excluding hydrogens is 1370 g/mol. The normalized spacial score (nSPS) is 55.8. The van der Waals surface area contributed by atoms with Gasteiger partial charge in [-0.05, 0) is 98.7 Å². The molecule has 0 aromatic heterocycles. The molecule has 0 spiro atoms. The van der Waals surface area contributed by atoms with E-state index in [9.17, 15) is 97.0 Å². The van der Waals surface area contributed by atoms with Gasteiger partial charge in [0.2, 0.25) is 6.29 Å². The Hall–Kier alpha value is -2.07. The third-order valence-corrected chi connectivity index (χ3v) is 26.7. The predicted molar refractivity (Wildman–Crippen MR) is 341 cm³/mol. The molecule has 592 valence electrons. The van der Waals surface area contributed by atoms with Crippen LogP contribution in [-0.2, 0) is 71.1 Å². The van der Waals surface area contributed by atoms with Crippen molar-refractivity contribution in [2.45, 2.75) is 304 Å². The first-order valence-corrected chi connectivity index (χ1v) is 36.2. The van der Waals surface area contributed by atoms with Gasteiger partial charge in [-0.15, -0.1) is 0 Å². The van der Waals surface area contributed by atoms with Crippen LogP contribution in [0.25, 0.3) is 0 Å². The van der Waals surface area contributed by atoms with Crippen molar-refractivity contribution in [1.29, 1.82) is 0 Å². The molecule has 34 heteroatoms. The monoisotopic (exact) mass is 1480 g/mol. The Kier molecular flexibility index (Phi) is 23.1. The number of hydrogen-bond donors (Lipinski definition) is 19. The molecule has 4 saturated carbocycles. The van der Waals surface area contributed by atoms with Gasteiger partial charge in [0.25, 0.3) is 0 Å². The van der Waals surface area contributed by atoms with Gasteiger partial charge in [-0.25, -0.2) is 0 Å². The fraction of sp³-hybridized carbons (Fsp3) is 0.957. The summed E-state index contributed by atoms with van der Waals surface area (Å²) in [5, 5.41) is 214. The molecule has 0 radical (unpaired) electrons. The Bertz CT molecular complexity index is 2970. The molecule has 0 bridgehead atoms. The molecule has 0 aromatic rings. The number of rotatable bonds is 18. The van der Waals surface area contributed by atoms with Gasteiger partial charge >= 0.3 is 5.97 Å². The van der Waals surface area contributed by atoms with E-state index in [-0.39, 0.29) is 37.2 Å². The summed E-state index contributed by atoms with van der Waals surface area (Å²) in [5.74, 6) is -2.31. The van der Waals surface area contributed by atoms with Crippen LogP contribution in [0.3, 0.4) is 0 Å². The predicted octanol–water partition coefficient (Wildman–Crippen LogP) is -5.76. The van der Waals surface area contributed by atoms with Crippen LogP contribution < -0.4 is 0 Å². The summed E-state index contributed by atoms with van der Waals surface area (Å²) in [7, 11) is 0. The topological polar surface area (TPSA) is 531 Å². The molecule has 0 aromatic carbocycles. The maximum atomic E-state index is 15.8. The van der Waals surface area contributed by atoms with Crippen molar-refractivity contribution in [3.63, 3.8) is 0 Å². The molecule has 12 rings (SSSR count). The minimum atomic E-state index is -2.15. The lowest BCUT2D eigenvalue weighted by Crippen LogP contribution is -2.72. The average molecular weight is 1490 g/mol. The Balaban J connectivity index is 0.803. The van der Waals surface area contributed by atoms with Crippen molar-refractivity contribution in [3.05, 3.63) is 11.6 Å². The third-order valence-electron chi connectivity index (χ3n) is 26.7. The van der Waals surface area contributed by atoms with Gasteiger partial charge in [0, 0.05) is 16.7 Å². The second-order valence-corrected chi connectivity index (χ2v) is 33.9. The van der Waals surface area contributed by atoms with Crippen LogP contribution in [0.15, 0.2) is 11.6 Å². The maximum absolute atomic E-state index is 15.8. The molecule has 34 nitrogen and oxygen atoms in total. The zero-order valence-corrected chi connectivity index (χ0v) is 59.6. The molecule has 19 N–H and O–H groups in total. The van der Waals surface area contributed by atoms with Crippen LogP contribution in [0, 0.1) is 55.7 Å². The number of esters is 1. The number of aliphatic hydroxyl groups is 19. The Labute approximate surface area is 596 Å². The fourth-order valence-corrected chi connectivity index (χ4v) is 20.1. The van der Waals surface area contributed by atoms with E-state index in [0.717, 1.165) is 5.57 Å². The summed E-state index contributed by atoms with van der Waals surface area (Å²) in [5.41, 5.74) is -8.00. The summed E-state index contributed by atoms with van der Waals surface area (Å²) in [4.78, 5) is 15.8. The van der Waals surface area contributed by atoms with E-state index in [4.69, 9.17) is 66.3 Å². The SMILES string of the molecule is C[C@@H]1O[C@H](O[C@@H]2[C@@H](O[C@@H]3OC[C@](C)(CO)[C@H]3O)[C@H](O[C@H]3[C@H](O[C@H]4[C@H](OC(=O)[C@]56CCC(C)(C)C[C@H]5C5=CC[C@@H]7[C@@]8(C)C[C@H](O)[C@H](O[C@@H]9O[C@H](CO)[C@@H](O)[C@H](O)[C@H]9O[C@@H]9OC[C@](O)(CO)[C@H]9O)[C@@](C)(CO)[C@@H]8[C@H](O)C[C@@]7(C)[C@]5(C)CC6)OC[C@H](O)[C@@H]4O)O[C@@H](C)[C@H](O)[C@H]3O)OC[C@H]2O)[C@H](O)[C@H](O)[C@H]1O. The molecule has 0 amide bonds. The molecule has 12 aliphatic rings. The average Bonchev–Trinajstić information content (AvgIpc) is 1.06. The van der Waals surface area contributed by atoms with Crippen molar-refractivity contribution < 1.29 is 168 Å². The largest absolute Gasteiger partial charge is 0.432 e. The number of aliphatic hydroxyl groups excluding tert-OH is 18. The summed E-state index contributed by atoms with van der Waals surface area (Å²) in [6.45, 7) is 11.6. The lowest BCUT2D eigenvalue weighted by atomic mass is 9.33. The van der Waals surface area contributed by atoms with Gasteiger partial charge in [-0.2, -0.15) is 0 Å². The highest BCUT2D eigenvalue weighted by Crippen LogP contribution is 2.76. The summed E-state index contributed by atoms with van der Waals surface area (Å²) in [6.07, 6.45) is -45.2. The molecule has 7 heterocycles. The molecule has 103 heavy (non-hydrogen) atoms. The van der Waals surface area contributed by atoms with Crippen molar-refractivity contribution in [2.75, 3.05) is 52.9 Å². The highest BCUT2D eigenvalue weighted by Gasteiger charge is 2.74. The van der Waals surface area contributed by atoms with Crippen LogP contribution >= 0.6 is 0 Å². The Morgan fingerprint density at radius 1 is 0.495 bits per heavy atom. The van der Waals surface area contributed by atoms with E-state index in [0.29, 0.717) is 32.1 Å². The van der Waals surface area contributed by atoms with Gasteiger partial charge in [-0.1, -0.05) is 60.1 Å². The van der Waals surface area contributed by atoms with Crippen LogP contribution in [0.4, 0.5) is 0 Å². The van der Waals surface area contributed by atoms with Crippen LogP contribution in [-0.4, -0.2) is 346 Å². The quantitative estimate of drug-likeness (QED) is 0.0345. The lowest BCUT2D eigenvalue weighted by Gasteiger charge is -2.72. The fourth-order valence-electron chi connectivity index (χ4n) is 20.1. The first-order valence-electron chi connectivity index (χ1n) is 36.2. The summed E-state index contributed by atoms with van der Waals surface area (Å²) in [6, 6.07) is 0. The number of carbonyl (C=O) groups excluding carboxylic acids is 1. The first kappa shape index (κ1) is 80.4. The molecule has 7 aliphatic heterocycles. The number of hydrogen-bond acceptors (Lipinski definition) is 34. The van der Waals surface area contributed by atoms with Gasteiger partial charge in [0.15, 0.2) is 43.8 Å². The molecule has 7 saturated heterocycles. The number of carbonyl (C=O) groups is 1. The first-order chi connectivity index (χ1) is 48.3. The van der Waals surface area contributed by atoms with Crippen molar-refractivity contribution >= 4 is 5.97 Å². The van der Waals surface area contributed by atoms with Gasteiger partial charge in [0.1, 0.15) is 109 Å². The van der Waals surface area contributed by atoms with Crippen LogP contribution in [0.5, 0.6) is 0 Å². The van der Waals surface area contributed by atoms with Crippen molar-refractivity contribution in [3.8, 4) is 0 Å². The van der Waals surface area contributed by atoms with Crippen molar-refractivity contribution in [1.82, 2.24) is 0 Å². The maximum Gasteiger partial charge on any atom is 0.315 e. The Morgan fingerprint density at radius 3 is 1.70 bits per heavy atom. The van der Waals surface area contributed by atoms with E-state index >= 15 is 4.79 Å². The zero-order chi connectivity index (χ0) is 75.1. The van der Waals surface area contributed by atoms with E-state index < -0.39 is 287 Å². The minimum Gasteiger partial charge on any atom is -0.432 e. The molecule has 40 atom stereocenters. The van der Waals surface area contributed by atoms with Gasteiger partial charge in [-0.3, -0.25) is 4.79 Å². The highest BCUT2D eigenvalue weighted by atomic mass is 16.8. The summed E-state index contributed by atoms with van der Waals surface area (Å²) < 4.78 is 85.6. The number of fused-ring (bicyclic) bond motifs is 7. The van der Waals surface area contributed by atoms with E-state index in [2.05, 4.69) is 33.8 Å². The molecule has 0 unspecified atom stereocenters. The van der Waals surface area contributed by atoms with Crippen molar-refractivity contribution in [2.24, 2.45) is 55.7 Å². The van der Waals surface area contributed by atoms with Crippen LogP contribution in [0.1, 0.15) is 114 Å². The second-order valence-electron chi connectivity index (χ2n) is 33.9. The zero-order valence-electron chi connectivity index (χ0n) is 59.6. The molecule has 11 fully saturated rings. The van der Waals surface area contributed by atoms with Gasteiger partial charge in [0.05, 0.1) is 88.8 Å². The smallest absolute Gasteiger partial charge is 0.315 e. The minimum absolute atomic E-state index is 0.000752. The number of ether oxygens (including phenoxy) is 14. The molecular formula is C69H112O34. The third kappa shape index (κ3) is 13.6.